The molecule has 3 rings (SSSR count). The van der Waals surface area contributed by atoms with Crippen LogP contribution in [0.1, 0.15) is 36.0 Å². The van der Waals surface area contributed by atoms with Crippen LogP contribution in [0.2, 0.25) is 0 Å². The fourth-order valence-electron chi connectivity index (χ4n) is 2.49. The molecule has 0 radical (unpaired) electrons. The fourth-order valence-corrected chi connectivity index (χ4v) is 3.40. The Morgan fingerprint density at radius 1 is 1.38 bits per heavy atom. The highest BCUT2D eigenvalue weighted by atomic mass is 32.2. The maximum Gasteiger partial charge on any atom is 0.253 e. The van der Waals surface area contributed by atoms with Crippen LogP contribution in [0.3, 0.4) is 0 Å². The van der Waals surface area contributed by atoms with Crippen LogP contribution in [0.15, 0.2) is 22.6 Å². The molecular formula is C16H20N2O2S. The second kappa shape index (κ2) is 6.52. The van der Waals surface area contributed by atoms with Crippen molar-refractivity contribution < 1.29 is 9.21 Å². The number of rotatable bonds is 4. The zero-order valence-electron chi connectivity index (χ0n) is 12.3. The van der Waals surface area contributed by atoms with Gasteiger partial charge in [-0.2, -0.15) is 11.8 Å². The zero-order valence-corrected chi connectivity index (χ0v) is 13.1. The van der Waals surface area contributed by atoms with Crippen molar-refractivity contribution in [1.29, 1.82) is 0 Å². The van der Waals surface area contributed by atoms with Crippen LogP contribution < -0.4 is 0 Å². The minimum Gasteiger partial charge on any atom is -0.441 e. The van der Waals surface area contributed by atoms with E-state index in [1.807, 2.05) is 34.9 Å². The Balaban J connectivity index is 1.81. The molecule has 0 atom stereocenters. The van der Waals surface area contributed by atoms with Gasteiger partial charge in [0.05, 0.1) is 0 Å². The van der Waals surface area contributed by atoms with E-state index in [9.17, 15) is 4.79 Å². The molecule has 112 valence electrons. The van der Waals surface area contributed by atoms with E-state index in [2.05, 4.69) is 11.9 Å². The van der Waals surface area contributed by atoms with Crippen LogP contribution >= 0.6 is 11.8 Å². The van der Waals surface area contributed by atoms with Crippen LogP contribution in [0.4, 0.5) is 0 Å². The largest absolute Gasteiger partial charge is 0.441 e. The van der Waals surface area contributed by atoms with Crippen molar-refractivity contribution in [3.63, 3.8) is 0 Å². The van der Waals surface area contributed by atoms with E-state index in [4.69, 9.17) is 4.42 Å². The van der Waals surface area contributed by atoms with E-state index in [1.54, 1.807) is 0 Å². The number of benzene rings is 1. The van der Waals surface area contributed by atoms with Gasteiger partial charge in [-0.1, -0.05) is 13.3 Å². The maximum atomic E-state index is 12.5. The Morgan fingerprint density at radius 3 is 2.95 bits per heavy atom. The van der Waals surface area contributed by atoms with Crippen molar-refractivity contribution in [3.05, 3.63) is 29.7 Å². The molecular weight excluding hydrogens is 284 g/mol. The molecule has 1 aliphatic heterocycles. The molecule has 1 amide bonds. The smallest absolute Gasteiger partial charge is 0.253 e. The number of amides is 1. The van der Waals surface area contributed by atoms with Gasteiger partial charge in [0.2, 0.25) is 0 Å². The highest BCUT2D eigenvalue weighted by Crippen LogP contribution is 2.20. The maximum absolute atomic E-state index is 12.5. The Labute approximate surface area is 128 Å². The number of aryl methyl sites for hydroxylation is 1. The van der Waals surface area contributed by atoms with E-state index in [0.717, 1.165) is 60.8 Å². The third kappa shape index (κ3) is 3.23. The third-order valence-electron chi connectivity index (χ3n) is 3.72. The van der Waals surface area contributed by atoms with Crippen LogP contribution in [0.5, 0.6) is 0 Å². The number of fused-ring (bicyclic) bond motifs is 1. The van der Waals surface area contributed by atoms with Crippen LogP contribution in [-0.2, 0) is 6.42 Å². The predicted octanol–water partition coefficient (Wildman–Crippen LogP) is 3.36. The normalized spacial score (nSPS) is 15.6. The topological polar surface area (TPSA) is 46.3 Å². The summed E-state index contributed by atoms with van der Waals surface area (Å²) in [7, 11) is 0. The first-order valence-electron chi connectivity index (χ1n) is 7.54. The summed E-state index contributed by atoms with van der Waals surface area (Å²) in [5.74, 6) is 2.93. The second-order valence-corrected chi connectivity index (χ2v) is 6.52. The van der Waals surface area contributed by atoms with Crippen molar-refractivity contribution in [2.24, 2.45) is 0 Å². The number of carbonyl (C=O) groups is 1. The molecule has 0 N–H and O–H groups in total. The first-order chi connectivity index (χ1) is 10.3. The molecule has 1 saturated heterocycles. The molecule has 1 aliphatic rings. The molecule has 1 aromatic heterocycles. The standard InChI is InChI=1S/C16H20N2O2S/c1-2-3-4-15-17-13-11-12(5-6-14(13)20-15)16(19)18-7-9-21-10-8-18/h5-6,11H,2-4,7-10H2,1H3. The van der Waals surface area contributed by atoms with Gasteiger partial charge in [-0.05, 0) is 24.6 Å². The highest BCUT2D eigenvalue weighted by molar-refractivity contribution is 7.99. The molecule has 4 nitrogen and oxygen atoms in total. The minimum atomic E-state index is 0.107. The Morgan fingerprint density at radius 2 is 2.19 bits per heavy atom. The third-order valence-corrected chi connectivity index (χ3v) is 4.66. The van der Waals surface area contributed by atoms with Crippen molar-refractivity contribution in [2.45, 2.75) is 26.2 Å². The lowest BCUT2D eigenvalue weighted by atomic mass is 10.2. The lowest BCUT2D eigenvalue weighted by Crippen LogP contribution is -2.37. The van der Waals surface area contributed by atoms with Gasteiger partial charge in [-0.3, -0.25) is 4.79 Å². The number of oxazole rings is 1. The van der Waals surface area contributed by atoms with E-state index in [1.165, 1.54) is 0 Å². The summed E-state index contributed by atoms with van der Waals surface area (Å²) in [5, 5.41) is 0. The average Bonchev–Trinajstić information content (AvgIpc) is 2.95. The van der Waals surface area contributed by atoms with Gasteiger partial charge < -0.3 is 9.32 Å². The van der Waals surface area contributed by atoms with Gasteiger partial charge in [0.15, 0.2) is 11.5 Å². The molecule has 1 fully saturated rings. The predicted molar refractivity (Wildman–Crippen MR) is 85.8 cm³/mol. The Kier molecular flexibility index (Phi) is 4.48. The molecule has 1 aromatic carbocycles. The van der Waals surface area contributed by atoms with Crippen LogP contribution in [0.25, 0.3) is 11.1 Å². The molecule has 2 heterocycles. The summed E-state index contributed by atoms with van der Waals surface area (Å²) in [6, 6.07) is 5.57. The number of hydrogen-bond donors (Lipinski definition) is 0. The lowest BCUT2D eigenvalue weighted by molar-refractivity contribution is 0.0772. The molecule has 0 saturated carbocycles. The Hall–Kier alpha value is -1.49. The van der Waals surface area contributed by atoms with Gasteiger partial charge in [-0.15, -0.1) is 0 Å². The van der Waals surface area contributed by atoms with Gasteiger partial charge >= 0.3 is 0 Å². The van der Waals surface area contributed by atoms with Crippen molar-refractivity contribution >= 4 is 28.8 Å². The monoisotopic (exact) mass is 304 g/mol. The average molecular weight is 304 g/mol. The van der Waals surface area contributed by atoms with Crippen molar-refractivity contribution in [2.75, 3.05) is 24.6 Å². The van der Waals surface area contributed by atoms with Crippen molar-refractivity contribution in [1.82, 2.24) is 9.88 Å². The number of nitrogens with zero attached hydrogens (tertiary/aromatic N) is 2. The van der Waals surface area contributed by atoms with E-state index in [0.29, 0.717) is 5.56 Å². The van der Waals surface area contributed by atoms with E-state index in [-0.39, 0.29) is 5.91 Å². The summed E-state index contributed by atoms with van der Waals surface area (Å²) in [6.07, 6.45) is 3.05. The zero-order chi connectivity index (χ0) is 14.7. The fraction of sp³-hybridized carbons (Fsp3) is 0.500. The summed E-state index contributed by atoms with van der Waals surface area (Å²) < 4.78 is 5.71. The molecule has 0 aliphatic carbocycles. The summed E-state index contributed by atoms with van der Waals surface area (Å²) in [5.41, 5.74) is 2.27. The number of carbonyl (C=O) groups excluding carboxylic acids is 1. The molecule has 2 aromatic rings. The summed E-state index contributed by atoms with van der Waals surface area (Å²) >= 11 is 1.90. The van der Waals surface area contributed by atoms with Gasteiger partial charge in [0.1, 0.15) is 5.52 Å². The van der Waals surface area contributed by atoms with Gasteiger partial charge in [0, 0.05) is 36.6 Å². The SMILES string of the molecule is CCCCc1nc2cc(C(=O)N3CCSCC3)ccc2o1. The minimum absolute atomic E-state index is 0.107. The summed E-state index contributed by atoms with van der Waals surface area (Å²) in [4.78, 5) is 18.9. The Bertz CT molecular complexity index is 632. The highest BCUT2D eigenvalue weighted by Gasteiger charge is 2.19. The first kappa shape index (κ1) is 14.4. The number of aromatic nitrogens is 1. The second-order valence-electron chi connectivity index (χ2n) is 5.30. The molecule has 21 heavy (non-hydrogen) atoms. The molecule has 0 bridgehead atoms. The number of thioether (sulfide) groups is 1. The summed E-state index contributed by atoms with van der Waals surface area (Å²) in [6.45, 7) is 3.82. The van der Waals surface area contributed by atoms with E-state index >= 15 is 0 Å². The van der Waals surface area contributed by atoms with Gasteiger partial charge in [-0.25, -0.2) is 4.98 Å². The number of hydrogen-bond acceptors (Lipinski definition) is 4. The lowest BCUT2D eigenvalue weighted by Gasteiger charge is -2.26. The number of unbranched alkanes of at least 4 members (excludes halogenated alkanes) is 1. The molecule has 0 spiro atoms. The van der Waals surface area contributed by atoms with Gasteiger partial charge in [0.25, 0.3) is 5.91 Å². The van der Waals surface area contributed by atoms with E-state index < -0.39 is 0 Å². The quantitative estimate of drug-likeness (QED) is 0.869. The molecule has 5 heteroatoms. The van der Waals surface area contributed by atoms with Crippen LogP contribution in [0, 0.1) is 0 Å². The van der Waals surface area contributed by atoms with Crippen LogP contribution in [-0.4, -0.2) is 40.4 Å². The van der Waals surface area contributed by atoms with Crippen molar-refractivity contribution in [3.8, 4) is 0 Å². The molecule has 0 unspecified atom stereocenters. The first-order valence-corrected chi connectivity index (χ1v) is 8.70.